The number of aryl methyl sites for hydroxylation is 2. The standard InChI is InChI=1S/C22H23N5O2S2/c1-14-6-5-7-15(10-14)29-12-19-25-26-22(27(19)2)30-13-20(28)24-21-17(11-23)16-8-3-4-9-18(16)31-21/h5-7,10H,3-4,8-9,12-13H2,1-2H3,(H,24,28). The third-order valence-corrected chi connectivity index (χ3v) is 7.38. The lowest BCUT2D eigenvalue weighted by atomic mass is 9.96. The number of fused-ring (bicyclic) bond motifs is 1. The predicted molar refractivity (Wildman–Crippen MR) is 122 cm³/mol. The molecule has 7 nitrogen and oxygen atoms in total. The summed E-state index contributed by atoms with van der Waals surface area (Å²) in [7, 11) is 1.86. The van der Waals surface area contributed by atoms with E-state index in [4.69, 9.17) is 4.74 Å². The fourth-order valence-electron chi connectivity index (χ4n) is 3.51. The summed E-state index contributed by atoms with van der Waals surface area (Å²) in [6, 6.07) is 10.1. The number of rotatable bonds is 7. The number of amides is 1. The Bertz CT molecular complexity index is 1150. The number of nitrogens with one attached hydrogen (secondary N) is 1. The first kappa shape index (κ1) is 21.4. The van der Waals surface area contributed by atoms with Crippen LogP contribution in [0.15, 0.2) is 29.4 Å². The van der Waals surface area contributed by atoms with Crippen LogP contribution >= 0.6 is 23.1 Å². The lowest BCUT2D eigenvalue weighted by molar-refractivity contribution is -0.113. The second kappa shape index (κ2) is 9.54. The molecule has 0 saturated carbocycles. The number of hydrogen-bond donors (Lipinski definition) is 1. The molecule has 1 amide bonds. The summed E-state index contributed by atoms with van der Waals surface area (Å²) in [6.45, 7) is 2.31. The minimum atomic E-state index is -0.152. The fraction of sp³-hybridized carbons (Fsp3) is 0.364. The molecule has 0 aliphatic heterocycles. The van der Waals surface area contributed by atoms with Gasteiger partial charge < -0.3 is 14.6 Å². The van der Waals surface area contributed by atoms with Crippen molar-refractivity contribution < 1.29 is 9.53 Å². The molecule has 9 heteroatoms. The van der Waals surface area contributed by atoms with Crippen LogP contribution in [0.5, 0.6) is 5.75 Å². The van der Waals surface area contributed by atoms with Crippen LogP contribution in [0.1, 0.15) is 40.2 Å². The first-order chi connectivity index (χ1) is 15.0. The van der Waals surface area contributed by atoms with Crippen LogP contribution in [-0.2, 0) is 31.3 Å². The zero-order chi connectivity index (χ0) is 21.8. The summed E-state index contributed by atoms with van der Waals surface area (Å²) in [5.74, 6) is 1.50. The third-order valence-electron chi connectivity index (χ3n) is 5.15. The molecule has 1 aliphatic carbocycles. The normalized spacial score (nSPS) is 12.8. The van der Waals surface area contributed by atoms with Crippen LogP contribution < -0.4 is 10.1 Å². The second-order valence-corrected chi connectivity index (χ2v) is 9.47. The van der Waals surface area contributed by atoms with Gasteiger partial charge in [0.15, 0.2) is 11.0 Å². The first-order valence-electron chi connectivity index (χ1n) is 10.1. The molecular weight excluding hydrogens is 430 g/mol. The van der Waals surface area contributed by atoms with Crippen LogP contribution in [0.3, 0.4) is 0 Å². The van der Waals surface area contributed by atoms with E-state index in [1.165, 1.54) is 28.0 Å². The molecule has 0 radical (unpaired) electrons. The molecule has 2 aromatic heterocycles. The zero-order valence-electron chi connectivity index (χ0n) is 17.5. The van der Waals surface area contributed by atoms with Gasteiger partial charge in [-0.3, -0.25) is 4.79 Å². The van der Waals surface area contributed by atoms with E-state index >= 15 is 0 Å². The average molecular weight is 454 g/mol. The van der Waals surface area contributed by atoms with Crippen molar-refractivity contribution in [3.63, 3.8) is 0 Å². The van der Waals surface area contributed by atoms with Crippen LogP contribution in [0.25, 0.3) is 0 Å². The van der Waals surface area contributed by atoms with Crippen LogP contribution in [0, 0.1) is 18.3 Å². The number of hydrogen-bond acceptors (Lipinski definition) is 7. The number of benzene rings is 1. The van der Waals surface area contributed by atoms with Crippen LogP contribution in [0.4, 0.5) is 5.00 Å². The molecule has 31 heavy (non-hydrogen) atoms. The molecule has 0 saturated heterocycles. The minimum absolute atomic E-state index is 0.152. The number of anilines is 1. The second-order valence-electron chi connectivity index (χ2n) is 7.43. The van der Waals surface area contributed by atoms with Gasteiger partial charge in [-0.05, 0) is 55.9 Å². The van der Waals surface area contributed by atoms with E-state index in [0.29, 0.717) is 28.2 Å². The summed E-state index contributed by atoms with van der Waals surface area (Å²) in [5, 5.41) is 22.1. The summed E-state index contributed by atoms with van der Waals surface area (Å²) >= 11 is 2.85. The summed E-state index contributed by atoms with van der Waals surface area (Å²) < 4.78 is 7.63. The summed E-state index contributed by atoms with van der Waals surface area (Å²) in [4.78, 5) is 13.7. The summed E-state index contributed by atoms with van der Waals surface area (Å²) in [6.07, 6.45) is 4.16. The molecule has 3 aromatic rings. The minimum Gasteiger partial charge on any atom is -0.486 e. The lowest BCUT2D eigenvalue weighted by Crippen LogP contribution is -2.14. The molecule has 1 N–H and O–H groups in total. The van der Waals surface area contributed by atoms with E-state index < -0.39 is 0 Å². The van der Waals surface area contributed by atoms with E-state index in [-0.39, 0.29) is 11.7 Å². The Labute approximate surface area is 189 Å². The highest BCUT2D eigenvalue weighted by Gasteiger charge is 2.22. The highest BCUT2D eigenvalue weighted by Crippen LogP contribution is 2.37. The Balaban J connectivity index is 1.34. The highest BCUT2D eigenvalue weighted by molar-refractivity contribution is 7.99. The Morgan fingerprint density at radius 2 is 2.19 bits per heavy atom. The Hall–Kier alpha value is -2.83. The number of thioether (sulfide) groups is 1. The number of aromatic nitrogens is 3. The maximum atomic E-state index is 12.5. The Kier molecular flexibility index (Phi) is 6.59. The van der Waals surface area contributed by atoms with Crippen molar-refractivity contribution in [2.45, 2.75) is 44.4 Å². The molecule has 160 valence electrons. The number of carbonyl (C=O) groups excluding carboxylic acids is 1. The monoisotopic (exact) mass is 453 g/mol. The van der Waals surface area contributed by atoms with E-state index in [2.05, 4.69) is 21.6 Å². The van der Waals surface area contributed by atoms with Crippen molar-refractivity contribution in [3.8, 4) is 11.8 Å². The van der Waals surface area contributed by atoms with Crippen molar-refractivity contribution >= 4 is 34.0 Å². The first-order valence-corrected chi connectivity index (χ1v) is 11.9. The van der Waals surface area contributed by atoms with E-state index in [0.717, 1.165) is 42.6 Å². The fourth-order valence-corrected chi connectivity index (χ4v) is 5.50. The Morgan fingerprint density at radius 1 is 1.35 bits per heavy atom. The number of carbonyl (C=O) groups is 1. The molecule has 0 unspecified atom stereocenters. The van der Waals surface area contributed by atoms with Crippen molar-refractivity contribution in [1.29, 1.82) is 5.26 Å². The maximum absolute atomic E-state index is 12.5. The third kappa shape index (κ3) is 4.92. The van der Waals surface area contributed by atoms with Gasteiger partial charge in [-0.25, -0.2) is 0 Å². The number of nitriles is 1. The van der Waals surface area contributed by atoms with E-state index in [1.54, 1.807) is 0 Å². The van der Waals surface area contributed by atoms with Crippen LogP contribution in [0.2, 0.25) is 0 Å². The van der Waals surface area contributed by atoms with Gasteiger partial charge in [0.1, 0.15) is 23.4 Å². The van der Waals surface area contributed by atoms with Gasteiger partial charge in [0, 0.05) is 11.9 Å². The molecule has 0 spiro atoms. The highest BCUT2D eigenvalue weighted by atomic mass is 32.2. The van der Waals surface area contributed by atoms with Gasteiger partial charge in [0.2, 0.25) is 5.91 Å². The quantitative estimate of drug-likeness (QED) is 0.538. The molecule has 1 aliphatic rings. The van der Waals surface area contributed by atoms with E-state index in [1.807, 2.05) is 42.8 Å². The molecular formula is C22H23N5O2S2. The smallest absolute Gasteiger partial charge is 0.235 e. The van der Waals surface area contributed by atoms with E-state index in [9.17, 15) is 10.1 Å². The zero-order valence-corrected chi connectivity index (χ0v) is 19.1. The van der Waals surface area contributed by atoms with Crippen molar-refractivity contribution in [2.75, 3.05) is 11.1 Å². The molecule has 4 rings (SSSR count). The SMILES string of the molecule is Cc1cccc(OCc2nnc(SCC(=O)Nc3sc4c(c3C#N)CCCC4)n2C)c1. The van der Waals surface area contributed by atoms with Gasteiger partial charge >= 0.3 is 0 Å². The topological polar surface area (TPSA) is 92.8 Å². The number of ether oxygens (including phenoxy) is 1. The lowest BCUT2D eigenvalue weighted by Gasteiger charge is -2.09. The van der Waals surface area contributed by atoms with Crippen molar-refractivity contribution in [3.05, 3.63) is 51.7 Å². The average Bonchev–Trinajstić information content (AvgIpc) is 3.30. The van der Waals surface area contributed by atoms with Crippen molar-refractivity contribution in [1.82, 2.24) is 14.8 Å². The summed E-state index contributed by atoms with van der Waals surface area (Å²) in [5.41, 5.74) is 2.88. The van der Waals surface area contributed by atoms with Gasteiger partial charge in [-0.2, -0.15) is 5.26 Å². The number of nitrogens with zero attached hydrogens (tertiary/aromatic N) is 4. The molecule has 0 bridgehead atoms. The molecule has 0 fully saturated rings. The number of thiophene rings is 1. The maximum Gasteiger partial charge on any atom is 0.235 e. The van der Waals surface area contributed by atoms with Gasteiger partial charge in [-0.1, -0.05) is 23.9 Å². The largest absolute Gasteiger partial charge is 0.486 e. The van der Waals surface area contributed by atoms with Crippen LogP contribution in [-0.4, -0.2) is 26.4 Å². The molecule has 0 atom stereocenters. The van der Waals surface area contributed by atoms with Gasteiger partial charge in [0.05, 0.1) is 11.3 Å². The molecule has 2 heterocycles. The Morgan fingerprint density at radius 3 is 3.00 bits per heavy atom. The molecule has 1 aromatic carbocycles. The predicted octanol–water partition coefficient (Wildman–Crippen LogP) is 4.25. The van der Waals surface area contributed by atoms with Crippen molar-refractivity contribution in [2.24, 2.45) is 7.05 Å². The van der Waals surface area contributed by atoms with Gasteiger partial charge in [-0.15, -0.1) is 21.5 Å². The van der Waals surface area contributed by atoms with Gasteiger partial charge in [0.25, 0.3) is 0 Å².